The molecule has 2 aromatic carbocycles. The van der Waals surface area contributed by atoms with Gasteiger partial charge in [-0.05, 0) is 29.3 Å². The molecule has 0 aliphatic carbocycles. The van der Waals surface area contributed by atoms with Crippen molar-refractivity contribution < 1.29 is 13.2 Å². The van der Waals surface area contributed by atoms with Gasteiger partial charge >= 0.3 is 0 Å². The monoisotopic (exact) mass is 271 g/mol. The van der Waals surface area contributed by atoms with Crippen molar-refractivity contribution in [3.8, 4) is 11.1 Å². The molecule has 2 rings (SSSR count). The van der Waals surface area contributed by atoms with Crippen LogP contribution in [0.5, 0.6) is 0 Å². The normalized spacial score (nSPS) is 10.7. The molecule has 0 spiro atoms. The third kappa shape index (κ3) is 2.21. The van der Waals surface area contributed by atoms with Gasteiger partial charge in [0.15, 0.2) is 17.5 Å². The molecule has 2 N–H and O–H groups in total. The number of benzene rings is 2. The standard InChI is InChI=1S/C13H9ClF3N/c14-10-5-7(1-2-8(10)6-18)9-3-4-11(15)13(17)12(9)16/h1-5H,6,18H2. The van der Waals surface area contributed by atoms with Crippen molar-refractivity contribution in [2.24, 2.45) is 5.73 Å². The Kier molecular flexibility index (Phi) is 3.59. The molecule has 0 saturated heterocycles. The minimum Gasteiger partial charge on any atom is -0.326 e. The lowest BCUT2D eigenvalue weighted by Gasteiger charge is -2.07. The average Bonchev–Trinajstić information content (AvgIpc) is 2.36. The van der Waals surface area contributed by atoms with E-state index in [0.29, 0.717) is 16.1 Å². The molecule has 1 nitrogen and oxygen atoms in total. The van der Waals surface area contributed by atoms with Gasteiger partial charge in [-0.15, -0.1) is 0 Å². The first kappa shape index (κ1) is 12.9. The Morgan fingerprint density at radius 1 is 1.00 bits per heavy atom. The molecular formula is C13H9ClF3N. The lowest BCUT2D eigenvalue weighted by Crippen LogP contribution is -1.98. The Hall–Kier alpha value is -1.52. The summed E-state index contributed by atoms with van der Waals surface area (Å²) < 4.78 is 39.5. The second kappa shape index (κ2) is 5.00. The molecule has 0 aliphatic rings. The number of hydrogen-bond donors (Lipinski definition) is 1. The van der Waals surface area contributed by atoms with Gasteiger partial charge in [0.05, 0.1) is 0 Å². The van der Waals surface area contributed by atoms with Gasteiger partial charge in [0, 0.05) is 17.1 Å². The predicted octanol–water partition coefficient (Wildman–Crippen LogP) is 3.88. The lowest BCUT2D eigenvalue weighted by molar-refractivity contribution is 0.449. The summed E-state index contributed by atoms with van der Waals surface area (Å²) in [7, 11) is 0. The zero-order valence-electron chi connectivity index (χ0n) is 9.18. The molecule has 0 radical (unpaired) electrons. The van der Waals surface area contributed by atoms with Gasteiger partial charge in [0.2, 0.25) is 0 Å². The van der Waals surface area contributed by atoms with E-state index in [4.69, 9.17) is 17.3 Å². The van der Waals surface area contributed by atoms with Crippen LogP contribution < -0.4 is 5.73 Å². The van der Waals surface area contributed by atoms with Crippen molar-refractivity contribution in [2.45, 2.75) is 6.54 Å². The summed E-state index contributed by atoms with van der Waals surface area (Å²) >= 11 is 5.93. The summed E-state index contributed by atoms with van der Waals surface area (Å²) in [6.07, 6.45) is 0. The van der Waals surface area contributed by atoms with Crippen LogP contribution in [-0.4, -0.2) is 0 Å². The van der Waals surface area contributed by atoms with Gasteiger partial charge in [0.1, 0.15) is 0 Å². The lowest BCUT2D eigenvalue weighted by atomic mass is 10.0. The SMILES string of the molecule is NCc1ccc(-c2ccc(F)c(F)c2F)cc1Cl. The average molecular weight is 272 g/mol. The van der Waals surface area contributed by atoms with Crippen molar-refractivity contribution in [1.82, 2.24) is 0 Å². The summed E-state index contributed by atoms with van der Waals surface area (Å²) in [5.41, 5.74) is 6.47. The maximum Gasteiger partial charge on any atom is 0.195 e. The fourth-order valence-electron chi connectivity index (χ4n) is 1.63. The second-order valence-electron chi connectivity index (χ2n) is 3.73. The zero-order chi connectivity index (χ0) is 13.3. The Labute approximate surface area is 107 Å². The van der Waals surface area contributed by atoms with E-state index < -0.39 is 17.5 Å². The fraction of sp³-hybridized carbons (Fsp3) is 0.0769. The highest BCUT2D eigenvalue weighted by molar-refractivity contribution is 6.31. The van der Waals surface area contributed by atoms with Crippen molar-refractivity contribution in [2.75, 3.05) is 0 Å². The molecule has 0 aromatic heterocycles. The van der Waals surface area contributed by atoms with Gasteiger partial charge in [-0.1, -0.05) is 23.7 Å². The van der Waals surface area contributed by atoms with Crippen LogP contribution in [0.25, 0.3) is 11.1 Å². The first-order valence-corrected chi connectivity index (χ1v) is 5.54. The van der Waals surface area contributed by atoms with Crippen LogP contribution >= 0.6 is 11.6 Å². The van der Waals surface area contributed by atoms with Crippen LogP contribution in [0.4, 0.5) is 13.2 Å². The quantitative estimate of drug-likeness (QED) is 0.824. The van der Waals surface area contributed by atoms with Crippen molar-refractivity contribution in [1.29, 1.82) is 0 Å². The van der Waals surface area contributed by atoms with Gasteiger partial charge in [-0.2, -0.15) is 0 Å². The summed E-state index contributed by atoms with van der Waals surface area (Å²) in [5.74, 6) is -3.95. The van der Waals surface area contributed by atoms with E-state index in [2.05, 4.69) is 0 Å². The summed E-state index contributed by atoms with van der Waals surface area (Å²) in [4.78, 5) is 0. The molecule has 0 unspecified atom stereocenters. The maximum absolute atomic E-state index is 13.6. The largest absolute Gasteiger partial charge is 0.326 e. The minimum atomic E-state index is -1.49. The predicted molar refractivity (Wildman–Crippen MR) is 64.7 cm³/mol. The van der Waals surface area contributed by atoms with Gasteiger partial charge in [0.25, 0.3) is 0 Å². The van der Waals surface area contributed by atoms with Crippen LogP contribution in [0.3, 0.4) is 0 Å². The van der Waals surface area contributed by atoms with E-state index in [1.54, 1.807) is 12.1 Å². The summed E-state index contributed by atoms with van der Waals surface area (Å²) in [5, 5.41) is 0.360. The molecule has 0 amide bonds. The second-order valence-corrected chi connectivity index (χ2v) is 4.14. The minimum absolute atomic E-state index is 0.0422. The van der Waals surface area contributed by atoms with E-state index in [0.717, 1.165) is 6.07 Å². The smallest absolute Gasteiger partial charge is 0.195 e. The molecule has 18 heavy (non-hydrogen) atoms. The van der Waals surface area contributed by atoms with Crippen LogP contribution in [0.1, 0.15) is 5.56 Å². The molecule has 5 heteroatoms. The van der Waals surface area contributed by atoms with Crippen LogP contribution in [0.15, 0.2) is 30.3 Å². The highest BCUT2D eigenvalue weighted by Gasteiger charge is 2.15. The molecule has 0 heterocycles. The molecule has 2 aromatic rings. The van der Waals surface area contributed by atoms with E-state index in [1.165, 1.54) is 12.1 Å². The van der Waals surface area contributed by atoms with E-state index >= 15 is 0 Å². The molecule has 0 fully saturated rings. The van der Waals surface area contributed by atoms with Gasteiger partial charge < -0.3 is 5.73 Å². The van der Waals surface area contributed by atoms with Gasteiger partial charge in [-0.3, -0.25) is 0 Å². The molecule has 0 atom stereocenters. The van der Waals surface area contributed by atoms with Crippen LogP contribution in [-0.2, 0) is 6.54 Å². The Morgan fingerprint density at radius 3 is 2.33 bits per heavy atom. The van der Waals surface area contributed by atoms with E-state index in [1.807, 2.05) is 0 Å². The first-order chi connectivity index (χ1) is 8.54. The van der Waals surface area contributed by atoms with Crippen LogP contribution in [0.2, 0.25) is 5.02 Å². The molecular weight excluding hydrogens is 263 g/mol. The molecule has 0 saturated carbocycles. The molecule has 94 valence electrons. The Balaban J connectivity index is 2.56. The summed E-state index contributed by atoms with van der Waals surface area (Å²) in [6.45, 7) is 0.249. The summed E-state index contributed by atoms with van der Waals surface area (Å²) in [6, 6.07) is 6.70. The first-order valence-electron chi connectivity index (χ1n) is 5.17. The van der Waals surface area contributed by atoms with Crippen molar-refractivity contribution >= 4 is 11.6 Å². The van der Waals surface area contributed by atoms with E-state index in [-0.39, 0.29) is 12.1 Å². The number of nitrogens with two attached hydrogens (primary N) is 1. The zero-order valence-corrected chi connectivity index (χ0v) is 9.94. The van der Waals surface area contributed by atoms with Crippen LogP contribution in [0, 0.1) is 17.5 Å². The third-order valence-corrected chi connectivity index (χ3v) is 2.97. The highest BCUT2D eigenvalue weighted by Crippen LogP contribution is 2.29. The molecule has 0 aliphatic heterocycles. The van der Waals surface area contributed by atoms with Crippen molar-refractivity contribution in [3.63, 3.8) is 0 Å². The fourth-order valence-corrected chi connectivity index (χ4v) is 1.89. The third-order valence-electron chi connectivity index (χ3n) is 2.62. The molecule has 0 bridgehead atoms. The van der Waals surface area contributed by atoms with Crippen molar-refractivity contribution in [3.05, 3.63) is 58.4 Å². The Morgan fingerprint density at radius 2 is 1.72 bits per heavy atom. The van der Waals surface area contributed by atoms with Gasteiger partial charge in [-0.25, -0.2) is 13.2 Å². The Bertz CT molecular complexity index is 599. The number of halogens is 4. The number of rotatable bonds is 2. The maximum atomic E-state index is 13.6. The van der Waals surface area contributed by atoms with E-state index in [9.17, 15) is 13.2 Å². The topological polar surface area (TPSA) is 26.0 Å². The number of hydrogen-bond acceptors (Lipinski definition) is 1. The highest BCUT2D eigenvalue weighted by atomic mass is 35.5.